The van der Waals surface area contributed by atoms with Crippen molar-refractivity contribution in [2.75, 3.05) is 11.9 Å². The van der Waals surface area contributed by atoms with Gasteiger partial charge in [0.1, 0.15) is 10.6 Å². The van der Waals surface area contributed by atoms with Crippen LogP contribution in [0.2, 0.25) is 5.02 Å². The second-order valence-electron chi connectivity index (χ2n) is 6.00. The van der Waals surface area contributed by atoms with Crippen LogP contribution < -0.4 is 10.5 Å². The topological polar surface area (TPSA) is 111 Å². The molecule has 1 aromatic carbocycles. The van der Waals surface area contributed by atoms with Gasteiger partial charge in [-0.05, 0) is 25.3 Å². The lowest BCUT2D eigenvalue weighted by atomic mass is 10.0. The zero-order valence-corrected chi connectivity index (χ0v) is 15.6. The number of carbonyl (C=O) groups is 1. The van der Waals surface area contributed by atoms with Crippen molar-refractivity contribution in [2.45, 2.75) is 30.3 Å². The predicted molar refractivity (Wildman–Crippen MR) is 97.6 cm³/mol. The van der Waals surface area contributed by atoms with Crippen LogP contribution in [0.25, 0.3) is 0 Å². The predicted octanol–water partition coefficient (Wildman–Crippen LogP) is 2.66. The van der Waals surface area contributed by atoms with E-state index in [1.54, 1.807) is 6.92 Å². The molecule has 1 saturated carbocycles. The Morgan fingerprint density at radius 1 is 1.35 bits per heavy atom. The van der Waals surface area contributed by atoms with Crippen molar-refractivity contribution in [1.82, 2.24) is 4.98 Å². The zero-order valence-electron chi connectivity index (χ0n) is 14.0. The first kappa shape index (κ1) is 18.6. The minimum atomic E-state index is -4.15. The van der Waals surface area contributed by atoms with E-state index in [4.69, 9.17) is 21.5 Å². The summed E-state index contributed by atoms with van der Waals surface area (Å²) in [6.07, 6.45) is 2.73. The second-order valence-corrected chi connectivity index (χ2v) is 7.86. The number of ether oxygens (including phenoxy) is 1. The highest BCUT2D eigenvalue weighted by atomic mass is 35.5. The lowest BCUT2D eigenvalue weighted by Crippen LogP contribution is -2.23. The number of hydrogen-bond donors (Lipinski definition) is 2. The van der Waals surface area contributed by atoms with Gasteiger partial charge in [-0.2, -0.15) is 0 Å². The molecule has 1 aromatic heterocycles. The van der Waals surface area contributed by atoms with Gasteiger partial charge in [-0.1, -0.05) is 41.9 Å². The van der Waals surface area contributed by atoms with E-state index in [0.717, 1.165) is 24.6 Å². The summed E-state index contributed by atoms with van der Waals surface area (Å²) in [5.74, 6) is -0.644. The van der Waals surface area contributed by atoms with Crippen molar-refractivity contribution in [1.29, 1.82) is 0 Å². The Kier molecular flexibility index (Phi) is 4.92. The first-order valence-corrected chi connectivity index (χ1v) is 9.93. The number of carbonyl (C=O) groups excluding carboxylic acids is 1. The summed E-state index contributed by atoms with van der Waals surface area (Å²) in [7, 11) is -4.15. The Bertz CT molecular complexity index is 944. The van der Waals surface area contributed by atoms with Crippen LogP contribution in [0.4, 0.5) is 5.69 Å². The van der Waals surface area contributed by atoms with Crippen LogP contribution in [0.1, 0.15) is 35.7 Å². The molecule has 2 aromatic rings. The molecule has 0 radical (unpaired) electrons. The number of sulfonamides is 1. The molecule has 138 valence electrons. The summed E-state index contributed by atoms with van der Waals surface area (Å²) < 4.78 is 28.5. The van der Waals surface area contributed by atoms with Crippen LogP contribution >= 0.6 is 11.6 Å². The molecule has 1 aliphatic rings. The highest BCUT2D eigenvalue weighted by molar-refractivity contribution is 7.89. The van der Waals surface area contributed by atoms with Crippen LogP contribution in [0, 0.1) is 0 Å². The van der Waals surface area contributed by atoms with Crippen LogP contribution in [0.15, 0.2) is 41.6 Å². The molecule has 1 heterocycles. The molecule has 3 N–H and O–H groups in total. The van der Waals surface area contributed by atoms with Gasteiger partial charge in [-0.25, -0.2) is 23.3 Å². The number of halogens is 1. The van der Waals surface area contributed by atoms with Gasteiger partial charge in [0.2, 0.25) is 0 Å². The number of nitrogens with one attached hydrogen (secondary N) is 1. The Morgan fingerprint density at radius 2 is 2.00 bits per heavy atom. The molecule has 0 amide bonds. The number of rotatable bonds is 6. The highest BCUT2D eigenvalue weighted by Crippen LogP contribution is 2.50. The molecule has 0 spiro atoms. The van der Waals surface area contributed by atoms with E-state index in [-0.39, 0.29) is 22.9 Å². The van der Waals surface area contributed by atoms with Gasteiger partial charge in [0.05, 0.1) is 17.8 Å². The van der Waals surface area contributed by atoms with Crippen molar-refractivity contribution >= 4 is 33.3 Å². The zero-order chi connectivity index (χ0) is 18.9. The fourth-order valence-electron chi connectivity index (χ4n) is 2.76. The molecular formula is C17H18ClN3O4S. The molecule has 9 heteroatoms. The Balaban J connectivity index is 2.10. The standard InChI is InChI=1S/C17H18ClN3O4S/c1-2-25-16(22)12-10-20-15(26(19,23)24)13(18)14(12)21-17(8-9-17)11-6-4-3-5-7-11/h3-7,10H,2,8-9H2,1H3,(H,20,21)(H2,19,23,24). The lowest BCUT2D eigenvalue weighted by Gasteiger charge is -2.22. The summed E-state index contributed by atoms with van der Waals surface area (Å²) in [5, 5.41) is 7.72. The van der Waals surface area contributed by atoms with Gasteiger partial charge in [0, 0.05) is 6.20 Å². The van der Waals surface area contributed by atoms with Crippen molar-refractivity contribution in [3.8, 4) is 0 Å². The average molecular weight is 396 g/mol. The van der Waals surface area contributed by atoms with Crippen molar-refractivity contribution in [3.63, 3.8) is 0 Å². The van der Waals surface area contributed by atoms with Crippen LogP contribution in [-0.2, 0) is 20.3 Å². The fraction of sp³-hybridized carbons (Fsp3) is 0.294. The van der Waals surface area contributed by atoms with E-state index in [1.165, 1.54) is 0 Å². The monoisotopic (exact) mass is 395 g/mol. The van der Waals surface area contributed by atoms with Crippen LogP contribution in [0.5, 0.6) is 0 Å². The number of nitrogens with two attached hydrogens (primary N) is 1. The second kappa shape index (κ2) is 6.86. The number of hydrogen-bond acceptors (Lipinski definition) is 6. The number of primary sulfonamides is 1. The minimum Gasteiger partial charge on any atom is -0.462 e. The molecule has 0 atom stereocenters. The largest absolute Gasteiger partial charge is 0.462 e. The highest BCUT2D eigenvalue weighted by Gasteiger charge is 2.45. The Morgan fingerprint density at radius 3 is 2.54 bits per heavy atom. The molecule has 7 nitrogen and oxygen atoms in total. The van der Waals surface area contributed by atoms with E-state index >= 15 is 0 Å². The number of aromatic nitrogens is 1. The number of pyridine rings is 1. The summed E-state index contributed by atoms with van der Waals surface area (Å²) in [4.78, 5) is 16.0. The normalized spacial score (nSPS) is 15.3. The molecular weight excluding hydrogens is 378 g/mol. The maximum Gasteiger partial charge on any atom is 0.341 e. The smallest absolute Gasteiger partial charge is 0.341 e. The maximum atomic E-state index is 12.3. The molecule has 1 fully saturated rings. The fourth-order valence-corrected chi connectivity index (χ4v) is 3.83. The molecule has 1 aliphatic carbocycles. The van der Waals surface area contributed by atoms with Gasteiger partial charge >= 0.3 is 5.97 Å². The van der Waals surface area contributed by atoms with E-state index in [2.05, 4.69) is 10.3 Å². The van der Waals surface area contributed by atoms with Gasteiger partial charge in [0.25, 0.3) is 10.0 Å². The van der Waals surface area contributed by atoms with Crippen molar-refractivity contribution < 1.29 is 17.9 Å². The summed E-state index contributed by atoms with van der Waals surface area (Å²) >= 11 is 6.27. The van der Waals surface area contributed by atoms with Gasteiger partial charge < -0.3 is 10.1 Å². The average Bonchev–Trinajstić information content (AvgIpc) is 3.37. The van der Waals surface area contributed by atoms with Gasteiger partial charge in [-0.15, -0.1) is 0 Å². The van der Waals surface area contributed by atoms with E-state index < -0.39 is 26.6 Å². The SMILES string of the molecule is CCOC(=O)c1cnc(S(N)(=O)=O)c(Cl)c1NC1(c2ccccc2)CC1. The molecule has 0 aliphatic heterocycles. The Hall–Kier alpha value is -2.16. The Labute approximate surface area is 156 Å². The van der Waals surface area contributed by atoms with E-state index in [0.29, 0.717) is 0 Å². The molecule has 0 unspecified atom stereocenters. The van der Waals surface area contributed by atoms with Crippen molar-refractivity contribution in [2.24, 2.45) is 5.14 Å². The van der Waals surface area contributed by atoms with Gasteiger partial charge in [-0.3, -0.25) is 0 Å². The maximum absolute atomic E-state index is 12.3. The summed E-state index contributed by atoms with van der Waals surface area (Å²) in [6.45, 7) is 1.84. The summed E-state index contributed by atoms with van der Waals surface area (Å²) in [6, 6.07) is 9.64. The molecule has 26 heavy (non-hydrogen) atoms. The third kappa shape index (κ3) is 3.53. The quantitative estimate of drug-likeness (QED) is 0.727. The number of benzene rings is 1. The number of anilines is 1. The third-order valence-electron chi connectivity index (χ3n) is 4.19. The van der Waals surface area contributed by atoms with E-state index in [9.17, 15) is 13.2 Å². The molecule has 0 bridgehead atoms. The number of esters is 1. The van der Waals surface area contributed by atoms with Gasteiger partial charge in [0.15, 0.2) is 5.03 Å². The van der Waals surface area contributed by atoms with Crippen LogP contribution in [0.3, 0.4) is 0 Å². The lowest BCUT2D eigenvalue weighted by molar-refractivity contribution is 0.0526. The first-order chi connectivity index (χ1) is 12.3. The van der Waals surface area contributed by atoms with Crippen LogP contribution in [-0.4, -0.2) is 26.0 Å². The van der Waals surface area contributed by atoms with E-state index in [1.807, 2.05) is 30.3 Å². The van der Waals surface area contributed by atoms with Crippen molar-refractivity contribution in [3.05, 3.63) is 52.7 Å². The number of nitrogens with zero attached hydrogens (tertiary/aromatic N) is 1. The minimum absolute atomic E-state index is 0.0615. The first-order valence-electron chi connectivity index (χ1n) is 8.00. The summed E-state index contributed by atoms with van der Waals surface area (Å²) in [5.41, 5.74) is 0.806. The third-order valence-corrected chi connectivity index (χ3v) is 5.52. The molecule has 0 saturated heterocycles. The molecule has 3 rings (SSSR count).